The molecular formula is C37H21N5O2S2. The molecule has 10 rings (SSSR count). The van der Waals surface area contributed by atoms with Crippen molar-refractivity contribution in [3.05, 3.63) is 120 Å². The highest BCUT2D eigenvalue weighted by atomic mass is 32.2. The minimum absolute atomic E-state index is 0.101. The zero-order chi connectivity index (χ0) is 30.2. The molecule has 0 bridgehead atoms. The highest BCUT2D eigenvalue weighted by molar-refractivity contribution is 7.99. The quantitative estimate of drug-likeness (QED) is 0.207. The number of para-hydroxylation sites is 4. The average molecular weight is 632 g/mol. The molecule has 5 aromatic carbocycles. The summed E-state index contributed by atoms with van der Waals surface area (Å²) in [6.45, 7) is 0. The molecule has 1 N–H and O–H groups in total. The summed E-state index contributed by atoms with van der Waals surface area (Å²) in [5, 5.41) is 9.79. The fourth-order valence-electron chi connectivity index (χ4n) is 6.41. The summed E-state index contributed by atoms with van der Waals surface area (Å²) < 4.78 is 13.8. The minimum Gasteiger partial charge on any atom is -0.436 e. The van der Waals surface area contributed by atoms with Crippen molar-refractivity contribution in [2.24, 2.45) is 0 Å². The third-order valence-electron chi connectivity index (χ3n) is 8.45. The number of fused-ring (bicyclic) bond motifs is 5. The van der Waals surface area contributed by atoms with Crippen LogP contribution in [0, 0.1) is 0 Å². The summed E-state index contributed by atoms with van der Waals surface area (Å²) in [5.41, 5.74) is 9.13. The van der Waals surface area contributed by atoms with E-state index in [1.54, 1.807) is 23.1 Å². The summed E-state index contributed by atoms with van der Waals surface area (Å²) >= 11 is 3.53. The zero-order valence-corrected chi connectivity index (χ0v) is 25.6. The Morgan fingerprint density at radius 2 is 1.59 bits per heavy atom. The SMILES string of the molecule is C1=CC(c2c(-c3nc4ccccc4[nH]3)c(-c3nc4ccccc4o3)c3nnoc3c2-c2cc3ccccc3s2)Sc2ccccc21. The zero-order valence-electron chi connectivity index (χ0n) is 24.0. The lowest BCUT2D eigenvalue weighted by atomic mass is 9.89. The number of oxazole rings is 1. The van der Waals surface area contributed by atoms with Gasteiger partial charge in [-0.05, 0) is 59.0 Å². The van der Waals surface area contributed by atoms with Crippen LogP contribution in [0.3, 0.4) is 0 Å². The molecule has 9 aromatic rings. The number of imidazole rings is 1. The van der Waals surface area contributed by atoms with E-state index in [1.165, 1.54) is 20.5 Å². The van der Waals surface area contributed by atoms with Crippen molar-refractivity contribution >= 4 is 72.5 Å². The average Bonchev–Trinajstić information content (AvgIpc) is 3.91. The third kappa shape index (κ3) is 3.92. The summed E-state index contributed by atoms with van der Waals surface area (Å²) in [7, 11) is 0. The molecule has 1 aliphatic rings. The summed E-state index contributed by atoms with van der Waals surface area (Å²) in [6.07, 6.45) is 4.46. The smallest absolute Gasteiger partial charge is 0.230 e. The van der Waals surface area contributed by atoms with Gasteiger partial charge in [-0.25, -0.2) is 9.97 Å². The Kier molecular flexibility index (Phi) is 5.60. The van der Waals surface area contributed by atoms with Crippen LogP contribution in [0.15, 0.2) is 123 Å². The molecule has 218 valence electrons. The number of H-pyrrole nitrogens is 1. The van der Waals surface area contributed by atoms with Crippen molar-refractivity contribution in [1.82, 2.24) is 25.3 Å². The molecule has 0 saturated heterocycles. The van der Waals surface area contributed by atoms with Crippen molar-refractivity contribution in [2.45, 2.75) is 10.1 Å². The van der Waals surface area contributed by atoms with Gasteiger partial charge in [-0.1, -0.05) is 72.8 Å². The maximum Gasteiger partial charge on any atom is 0.230 e. The van der Waals surface area contributed by atoms with E-state index in [0.717, 1.165) is 38.1 Å². The molecule has 0 aliphatic carbocycles. The Morgan fingerprint density at radius 1 is 0.761 bits per heavy atom. The maximum atomic E-state index is 6.48. The lowest BCUT2D eigenvalue weighted by Gasteiger charge is -2.25. The molecule has 1 unspecified atom stereocenters. The molecule has 9 heteroatoms. The Morgan fingerprint density at radius 3 is 2.50 bits per heavy atom. The van der Waals surface area contributed by atoms with Gasteiger partial charge in [0.2, 0.25) is 5.89 Å². The van der Waals surface area contributed by atoms with Gasteiger partial charge in [0, 0.05) is 30.9 Å². The van der Waals surface area contributed by atoms with E-state index in [4.69, 9.17) is 18.9 Å². The van der Waals surface area contributed by atoms with Gasteiger partial charge in [0.05, 0.1) is 21.8 Å². The first-order chi connectivity index (χ1) is 22.8. The fourth-order valence-corrected chi connectivity index (χ4v) is 8.74. The number of thiophene rings is 1. The van der Waals surface area contributed by atoms with Crippen LogP contribution in [0.25, 0.3) is 82.7 Å². The highest BCUT2D eigenvalue weighted by Gasteiger charge is 2.34. The largest absolute Gasteiger partial charge is 0.436 e. The first-order valence-corrected chi connectivity index (χ1v) is 16.5. The van der Waals surface area contributed by atoms with Crippen LogP contribution < -0.4 is 0 Å². The van der Waals surface area contributed by atoms with Crippen LogP contribution in [0.1, 0.15) is 16.4 Å². The van der Waals surface area contributed by atoms with Crippen LogP contribution in [0.4, 0.5) is 0 Å². The number of aromatic nitrogens is 5. The van der Waals surface area contributed by atoms with E-state index in [2.05, 4.69) is 82.1 Å². The molecule has 0 amide bonds. The van der Waals surface area contributed by atoms with Gasteiger partial charge in [-0.15, -0.1) is 28.2 Å². The van der Waals surface area contributed by atoms with Crippen LogP contribution in [0.2, 0.25) is 0 Å². The van der Waals surface area contributed by atoms with E-state index in [0.29, 0.717) is 34.0 Å². The Labute approximate surface area is 269 Å². The van der Waals surface area contributed by atoms with Gasteiger partial charge in [-0.3, -0.25) is 0 Å². The topological polar surface area (TPSA) is 93.6 Å². The van der Waals surface area contributed by atoms with Crippen molar-refractivity contribution in [3.63, 3.8) is 0 Å². The van der Waals surface area contributed by atoms with Gasteiger partial charge in [-0.2, -0.15) is 0 Å². The predicted octanol–water partition coefficient (Wildman–Crippen LogP) is 10.3. The predicted molar refractivity (Wildman–Crippen MR) is 185 cm³/mol. The molecule has 4 aromatic heterocycles. The Bertz CT molecular complexity index is 2560. The molecule has 7 nitrogen and oxygen atoms in total. The minimum atomic E-state index is -0.101. The van der Waals surface area contributed by atoms with E-state index >= 15 is 0 Å². The standard InChI is InChI=1S/C37H21N5O2S2/c1-7-15-26-20(9-1)17-18-28(45-26)30-31(29-19-21-10-2-8-16-27(21)46-29)35-34(41-42-44-35)33(37-40-24-13-5-6-14-25(24)43-37)32(30)36-38-22-11-3-4-12-23(22)39-36/h1-19,28H,(H,38,39). The van der Waals surface area contributed by atoms with Crippen molar-refractivity contribution < 1.29 is 8.94 Å². The molecule has 1 aliphatic heterocycles. The van der Waals surface area contributed by atoms with Crippen molar-refractivity contribution in [1.29, 1.82) is 0 Å². The monoisotopic (exact) mass is 631 g/mol. The van der Waals surface area contributed by atoms with E-state index in [-0.39, 0.29) is 5.25 Å². The summed E-state index contributed by atoms with van der Waals surface area (Å²) in [5.74, 6) is 1.14. The first kappa shape index (κ1) is 25.8. The number of hydrogen-bond acceptors (Lipinski definition) is 8. The molecule has 46 heavy (non-hydrogen) atoms. The van der Waals surface area contributed by atoms with Crippen molar-refractivity contribution in [2.75, 3.05) is 0 Å². The number of rotatable bonds is 4. The lowest BCUT2D eigenvalue weighted by molar-refractivity contribution is 0.424. The second-order valence-electron chi connectivity index (χ2n) is 11.2. The number of aromatic amines is 1. The molecule has 0 radical (unpaired) electrons. The number of nitrogens with one attached hydrogen (secondary N) is 1. The van der Waals surface area contributed by atoms with Crippen molar-refractivity contribution in [3.8, 4) is 33.3 Å². The second kappa shape index (κ2) is 10.00. The Balaban J connectivity index is 1.37. The van der Waals surface area contributed by atoms with Crippen LogP contribution in [-0.4, -0.2) is 25.3 Å². The van der Waals surface area contributed by atoms with E-state index < -0.39 is 0 Å². The van der Waals surface area contributed by atoms with Crippen LogP contribution in [0.5, 0.6) is 0 Å². The summed E-state index contributed by atoms with van der Waals surface area (Å²) in [4.78, 5) is 16.0. The fraction of sp³-hybridized carbons (Fsp3) is 0.0270. The number of thioether (sulfide) groups is 1. The van der Waals surface area contributed by atoms with Gasteiger partial charge >= 0.3 is 0 Å². The molecule has 0 fully saturated rings. The van der Waals surface area contributed by atoms with Gasteiger partial charge in [0.15, 0.2) is 11.2 Å². The molecule has 1 atom stereocenters. The van der Waals surface area contributed by atoms with Gasteiger partial charge in [0.25, 0.3) is 0 Å². The third-order valence-corrected chi connectivity index (χ3v) is 10.9. The normalized spacial score (nSPS) is 14.6. The van der Waals surface area contributed by atoms with E-state index in [1.807, 2.05) is 48.5 Å². The molecular weight excluding hydrogens is 611 g/mol. The number of benzene rings is 5. The molecule has 0 saturated carbocycles. The van der Waals surface area contributed by atoms with E-state index in [9.17, 15) is 0 Å². The highest BCUT2D eigenvalue weighted by Crippen LogP contribution is 2.55. The van der Waals surface area contributed by atoms with Crippen LogP contribution >= 0.6 is 23.1 Å². The molecule has 5 heterocycles. The van der Waals surface area contributed by atoms with Gasteiger partial charge < -0.3 is 13.9 Å². The Hall–Kier alpha value is -5.51. The second-order valence-corrected chi connectivity index (χ2v) is 13.4. The number of nitrogens with zero attached hydrogens (tertiary/aromatic N) is 4. The van der Waals surface area contributed by atoms with Gasteiger partial charge in [0.1, 0.15) is 16.9 Å². The first-order valence-electron chi connectivity index (χ1n) is 14.8. The van der Waals surface area contributed by atoms with Crippen LogP contribution in [-0.2, 0) is 0 Å². The molecule has 0 spiro atoms. The lowest BCUT2D eigenvalue weighted by Crippen LogP contribution is -2.05. The number of hydrogen-bond donors (Lipinski definition) is 1. The maximum absolute atomic E-state index is 6.48. The summed E-state index contributed by atoms with van der Waals surface area (Å²) in [6, 6.07) is 35.0.